The lowest BCUT2D eigenvalue weighted by atomic mass is 10.1. The third-order valence-electron chi connectivity index (χ3n) is 3.69. The van der Waals surface area contributed by atoms with Crippen LogP contribution in [0.4, 0.5) is 5.69 Å². The average molecular weight is 384 g/mol. The van der Waals surface area contributed by atoms with Gasteiger partial charge in [0.15, 0.2) is 0 Å². The number of nitro groups is 1. The highest BCUT2D eigenvalue weighted by molar-refractivity contribution is 6.30. The summed E-state index contributed by atoms with van der Waals surface area (Å²) in [6.45, 7) is 1.89. The number of nitro benzene ring substituents is 1. The van der Waals surface area contributed by atoms with Crippen molar-refractivity contribution in [2.75, 3.05) is 0 Å². The van der Waals surface area contributed by atoms with Crippen LogP contribution in [-0.4, -0.2) is 17.0 Å². The lowest BCUT2D eigenvalue weighted by Gasteiger charge is -2.01. The van der Waals surface area contributed by atoms with Gasteiger partial charge in [0.1, 0.15) is 11.5 Å². The normalized spacial score (nSPS) is 10.9. The molecular weight excluding hydrogens is 370 g/mol. The van der Waals surface area contributed by atoms with Gasteiger partial charge in [-0.15, -0.1) is 0 Å². The van der Waals surface area contributed by atoms with Crippen molar-refractivity contribution in [3.05, 3.63) is 86.6 Å². The molecule has 3 aromatic rings. The lowest BCUT2D eigenvalue weighted by Crippen LogP contribution is -2.17. The van der Waals surface area contributed by atoms with Gasteiger partial charge in [0, 0.05) is 16.7 Å². The summed E-state index contributed by atoms with van der Waals surface area (Å²) in [7, 11) is 0. The first-order chi connectivity index (χ1) is 12.9. The Bertz CT molecular complexity index is 1040. The van der Waals surface area contributed by atoms with Crippen molar-refractivity contribution in [1.29, 1.82) is 0 Å². The Hall–Kier alpha value is -3.45. The van der Waals surface area contributed by atoms with E-state index >= 15 is 0 Å². The summed E-state index contributed by atoms with van der Waals surface area (Å²) in [4.78, 5) is 22.7. The zero-order chi connectivity index (χ0) is 19.4. The molecule has 0 saturated carbocycles. The van der Waals surface area contributed by atoms with Gasteiger partial charge in [-0.3, -0.25) is 14.9 Å². The van der Waals surface area contributed by atoms with Crippen molar-refractivity contribution in [2.45, 2.75) is 6.92 Å². The zero-order valence-corrected chi connectivity index (χ0v) is 14.9. The number of nitrogens with zero attached hydrogens (tertiary/aromatic N) is 2. The smallest absolute Gasteiger partial charge is 0.281 e. The molecule has 7 nitrogen and oxygen atoms in total. The average Bonchev–Trinajstić information content (AvgIpc) is 3.10. The highest BCUT2D eigenvalue weighted by atomic mass is 35.5. The van der Waals surface area contributed by atoms with Crippen LogP contribution in [0.15, 0.2) is 64.1 Å². The van der Waals surface area contributed by atoms with Crippen molar-refractivity contribution < 1.29 is 14.1 Å². The van der Waals surface area contributed by atoms with Gasteiger partial charge in [-0.1, -0.05) is 29.3 Å². The van der Waals surface area contributed by atoms with Crippen LogP contribution in [0, 0.1) is 17.0 Å². The summed E-state index contributed by atoms with van der Waals surface area (Å²) in [6, 6.07) is 14.6. The van der Waals surface area contributed by atoms with Gasteiger partial charge in [0.25, 0.3) is 11.6 Å². The van der Waals surface area contributed by atoms with E-state index in [2.05, 4.69) is 10.5 Å². The predicted molar refractivity (Wildman–Crippen MR) is 102 cm³/mol. The van der Waals surface area contributed by atoms with Crippen LogP contribution in [0.3, 0.4) is 0 Å². The SMILES string of the molecule is Cc1cccc(C(=O)N/N=C/c2ccc(-c3ccc(Cl)cc3[N+](=O)[O-])o2)c1. The fraction of sp³-hybridized carbons (Fsp3) is 0.0526. The highest BCUT2D eigenvalue weighted by Crippen LogP contribution is 2.33. The summed E-state index contributed by atoms with van der Waals surface area (Å²) in [5.41, 5.74) is 4.00. The Morgan fingerprint density at radius 1 is 1.22 bits per heavy atom. The fourth-order valence-corrected chi connectivity index (χ4v) is 2.60. The number of furan rings is 1. The number of nitrogens with one attached hydrogen (secondary N) is 1. The van der Waals surface area contributed by atoms with Gasteiger partial charge >= 0.3 is 0 Å². The molecule has 136 valence electrons. The molecule has 0 spiro atoms. The number of hydrogen-bond donors (Lipinski definition) is 1. The van der Waals surface area contributed by atoms with E-state index < -0.39 is 4.92 Å². The lowest BCUT2D eigenvalue weighted by molar-refractivity contribution is -0.384. The fourth-order valence-electron chi connectivity index (χ4n) is 2.44. The van der Waals surface area contributed by atoms with E-state index in [9.17, 15) is 14.9 Å². The molecule has 0 radical (unpaired) electrons. The number of aryl methyl sites for hydroxylation is 1. The minimum atomic E-state index is -0.528. The molecule has 27 heavy (non-hydrogen) atoms. The van der Waals surface area contributed by atoms with Crippen LogP contribution in [-0.2, 0) is 0 Å². The summed E-state index contributed by atoms with van der Waals surface area (Å²) in [5.74, 6) is 0.277. The molecule has 0 aliphatic carbocycles. The molecule has 8 heteroatoms. The Morgan fingerprint density at radius 2 is 2.04 bits per heavy atom. The quantitative estimate of drug-likeness (QED) is 0.396. The van der Waals surface area contributed by atoms with Crippen LogP contribution < -0.4 is 5.43 Å². The largest absolute Gasteiger partial charge is 0.455 e. The second-order valence-electron chi connectivity index (χ2n) is 5.69. The topological polar surface area (TPSA) is 97.7 Å². The van der Waals surface area contributed by atoms with Gasteiger partial charge in [0.05, 0.1) is 16.7 Å². The first kappa shape index (κ1) is 18.3. The maximum absolute atomic E-state index is 12.0. The summed E-state index contributed by atoms with van der Waals surface area (Å²) < 4.78 is 5.56. The minimum absolute atomic E-state index is 0.159. The van der Waals surface area contributed by atoms with Gasteiger partial charge in [-0.25, -0.2) is 5.43 Å². The summed E-state index contributed by atoms with van der Waals surface area (Å²) in [5, 5.41) is 15.3. The van der Waals surface area contributed by atoms with Crippen LogP contribution in [0.5, 0.6) is 0 Å². The molecule has 0 saturated heterocycles. The van der Waals surface area contributed by atoms with Gasteiger partial charge in [-0.05, 0) is 43.3 Å². The van der Waals surface area contributed by atoms with Crippen molar-refractivity contribution >= 4 is 29.4 Å². The van der Waals surface area contributed by atoms with E-state index in [1.807, 2.05) is 13.0 Å². The molecular formula is C19H14ClN3O4. The summed E-state index contributed by atoms with van der Waals surface area (Å²) in [6.07, 6.45) is 1.32. The number of carbonyl (C=O) groups excluding carboxylic acids is 1. The molecule has 0 aliphatic heterocycles. The van der Waals surface area contributed by atoms with E-state index in [0.29, 0.717) is 22.6 Å². The third-order valence-corrected chi connectivity index (χ3v) is 3.92. The van der Waals surface area contributed by atoms with Crippen molar-refractivity contribution in [3.63, 3.8) is 0 Å². The number of rotatable bonds is 5. The predicted octanol–water partition coefficient (Wildman–Crippen LogP) is 4.58. The number of amides is 1. The molecule has 0 fully saturated rings. The molecule has 1 heterocycles. The van der Waals surface area contributed by atoms with E-state index in [-0.39, 0.29) is 16.6 Å². The van der Waals surface area contributed by atoms with E-state index in [1.54, 1.807) is 36.4 Å². The van der Waals surface area contributed by atoms with E-state index in [4.69, 9.17) is 16.0 Å². The first-order valence-corrected chi connectivity index (χ1v) is 8.26. The minimum Gasteiger partial charge on any atom is -0.455 e. The first-order valence-electron chi connectivity index (χ1n) is 7.88. The van der Waals surface area contributed by atoms with E-state index in [0.717, 1.165) is 5.56 Å². The number of halogens is 1. The van der Waals surface area contributed by atoms with Crippen LogP contribution in [0.2, 0.25) is 5.02 Å². The van der Waals surface area contributed by atoms with Crippen molar-refractivity contribution in [3.8, 4) is 11.3 Å². The molecule has 3 rings (SSSR count). The molecule has 1 amide bonds. The molecule has 0 bridgehead atoms. The molecule has 0 aliphatic rings. The standard InChI is InChI=1S/C19H14ClN3O4/c1-12-3-2-4-13(9-12)19(24)22-21-11-15-6-8-18(27-15)16-7-5-14(20)10-17(16)23(25)26/h2-11H,1H3,(H,22,24)/b21-11+. The Labute approximate surface area is 159 Å². The number of hydrogen-bond acceptors (Lipinski definition) is 5. The van der Waals surface area contributed by atoms with E-state index in [1.165, 1.54) is 18.3 Å². The number of hydrazone groups is 1. The van der Waals surface area contributed by atoms with Crippen molar-refractivity contribution in [1.82, 2.24) is 5.43 Å². The Balaban J connectivity index is 1.74. The Morgan fingerprint density at radius 3 is 2.78 bits per heavy atom. The molecule has 1 N–H and O–H groups in total. The monoisotopic (exact) mass is 383 g/mol. The highest BCUT2D eigenvalue weighted by Gasteiger charge is 2.18. The van der Waals surface area contributed by atoms with Gasteiger partial charge < -0.3 is 4.42 Å². The Kier molecular flexibility index (Phi) is 5.33. The second kappa shape index (κ2) is 7.84. The van der Waals surface area contributed by atoms with Gasteiger partial charge in [0.2, 0.25) is 0 Å². The van der Waals surface area contributed by atoms with Crippen LogP contribution in [0.1, 0.15) is 21.7 Å². The third kappa shape index (κ3) is 4.39. The second-order valence-corrected chi connectivity index (χ2v) is 6.13. The van der Waals surface area contributed by atoms with Crippen molar-refractivity contribution in [2.24, 2.45) is 5.10 Å². The maximum atomic E-state index is 12.0. The zero-order valence-electron chi connectivity index (χ0n) is 14.2. The maximum Gasteiger partial charge on any atom is 0.281 e. The molecule has 0 atom stereocenters. The number of carbonyl (C=O) groups is 1. The van der Waals surface area contributed by atoms with Crippen LogP contribution in [0.25, 0.3) is 11.3 Å². The molecule has 2 aromatic carbocycles. The van der Waals surface area contributed by atoms with Gasteiger partial charge in [-0.2, -0.15) is 5.10 Å². The summed E-state index contributed by atoms with van der Waals surface area (Å²) >= 11 is 5.82. The number of benzene rings is 2. The van der Waals surface area contributed by atoms with Crippen LogP contribution >= 0.6 is 11.6 Å². The molecule has 1 aromatic heterocycles. The molecule has 0 unspecified atom stereocenters.